The summed E-state index contributed by atoms with van der Waals surface area (Å²) >= 11 is 0. The number of halogens is 1. The second-order valence-corrected chi connectivity index (χ2v) is 5.56. The number of rotatable bonds is 4. The highest BCUT2D eigenvalue weighted by Gasteiger charge is 2.10. The molecule has 4 nitrogen and oxygen atoms in total. The lowest BCUT2D eigenvalue weighted by Crippen LogP contribution is -2.12. The molecule has 0 atom stereocenters. The molecule has 23 heavy (non-hydrogen) atoms. The molecular formula is C18H17FN2O2. The van der Waals surface area contributed by atoms with Crippen molar-refractivity contribution in [1.29, 1.82) is 0 Å². The minimum Gasteiger partial charge on any atom is -0.491 e. The van der Waals surface area contributed by atoms with Crippen molar-refractivity contribution in [3.63, 3.8) is 0 Å². The fourth-order valence-electron chi connectivity index (χ4n) is 2.31. The summed E-state index contributed by atoms with van der Waals surface area (Å²) in [6.45, 7) is 3.91. The SMILES string of the molecule is CC(C)Oc1ccc(NC(=O)c2cc3cc(F)ccc3[nH]2)cc1. The first kappa shape index (κ1) is 15.1. The van der Waals surface area contributed by atoms with E-state index in [0.717, 1.165) is 11.3 Å². The van der Waals surface area contributed by atoms with Gasteiger partial charge in [-0.3, -0.25) is 4.79 Å². The Hall–Kier alpha value is -2.82. The first-order valence-electron chi connectivity index (χ1n) is 7.37. The molecule has 0 fully saturated rings. The maximum absolute atomic E-state index is 13.2. The molecule has 5 heteroatoms. The number of amides is 1. The Labute approximate surface area is 133 Å². The average molecular weight is 312 g/mol. The van der Waals surface area contributed by atoms with Gasteiger partial charge in [0.2, 0.25) is 0 Å². The molecule has 1 amide bonds. The topological polar surface area (TPSA) is 54.1 Å². The fourth-order valence-corrected chi connectivity index (χ4v) is 2.31. The Balaban J connectivity index is 1.74. The van der Waals surface area contributed by atoms with Crippen molar-refractivity contribution in [1.82, 2.24) is 4.98 Å². The van der Waals surface area contributed by atoms with Crippen molar-refractivity contribution in [3.8, 4) is 5.75 Å². The third-order valence-corrected chi connectivity index (χ3v) is 3.31. The van der Waals surface area contributed by atoms with Crippen LogP contribution < -0.4 is 10.1 Å². The van der Waals surface area contributed by atoms with Crippen LogP contribution in [-0.2, 0) is 0 Å². The van der Waals surface area contributed by atoms with Crippen LogP contribution in [-0.4, -0.2) is 17.0 Å². The number of ether oxygens (including phenoxy) is 1. The lowest BCUT2D eigenvalue weighted by Gasteiger charge is -2.10. The van der Waals surface area contributed by atoms with E-state index in [1.165, 1.54) is 12.1 Å². The molecule has 0 aliphatic heterocycles. The summed E-state index contributed by atoms with van der Waals surface area (Å²) in [5.74, 6) is 0.141. The second-order valence-electron chi connectivity index (χ2n) is 5.56. The zero-order chi connectivity index (χ0) is 16.4. The van der Waals surface area contributed by atoms with E-state index in [4.69, 9.17) is 4.74 Å². The highest BCUT2D eigenvalue weighted by molar-refractivity contribution is 6.05. The number of anilines is 1. The number of hydrogen-bond acceptors (Lipinski definition) is 2. The van der Waals surface area contributed by atoms with E-state index in [1.54, 1.807) is 36.4 Å². The van der Waals surface area contributed by atoms with Crippen molar-refractivity contribution in [2.24, 2.45) is 0 Å². The lowest BCUT2D eigenvalue weighted by molar-refractivity contribution is 0.102. The largest absolute Gasteiger partial charge is 0.491 e. The van der Waals surface area contributed by atoms with Gasteiger partial charge in [-0.1, -0.05) is 0 Å². The lowest BCUT2D eigenvalue weighted by atomic mass is 10.2. The number of carbonyl (C=O) groups is 1. The van der Waals surface area contributed by atoms with Crippen LogP contribution in [0.25, 0.3) is 10.9 Å². The van der Waals surface area contributed by atoms with Crippen LogP contribution >= 0.6 is 0 Å². The maximum atomic E-state index is 13.2. The molecule has 1 aromatic heterocycles. The van der Waals surface area contributed by atoms with Crippen LogP contribution in [0.2, 0.25) is 0 Å². The number of H-pyrrole nitrogens is 1. The number of aromatic nitrogens is 1. The first-order valence-corrected chi connectivity index (χ1v) is 7.37. The van der Waals surface area contributed by atoms with Crippen LogP contribution in [0, 0.1) is 5.82 Å². The molecule has 0 saturated carbocycles. The third kappa shape index (κ3) is 3.51. The first-order chi connectivity index (χ1) is 11.0. The van der Waals surface area contributed by atoms with Gasteiger partial charge in [0.1, 0.15) is 17.3 Å². The minimum absolute atomic E-state index is 0.0992. The predicted octanol–water partition coefficient (Wildman–Crippen LogP) is 4.35. The molecule has 0 radical (unpaired) electrons. The molecule has 3 rings (SSSR count). The molecule has 2 N–H and O–H groups in total. The standard InChI is InChI=1S/C18H17FN2O2/c1-11(2)23-15-6-4-14(5-7-15)20-18(22)17-10-12-9-13(19)3-8-16(12)21-17/h3-11,21H,1-2H3,(H,20,22). The van der Waals surface area contributed by atoms with Gasteiger partial charge in [-0.2, -0.15) is 0 Å². The van der Waals surface area contributed by atoms with Gasteiger partial charge in [0.15, 0.2) is 0 Å². The quantitative estimate of drug-likeness (QED) is 0.752. The Morgan fingerprint density at radius 3 is 2.57 bits per heavy atom. The van der Waals surface area contributed by atoms with Crippen LogP contribution in [0.5, 0.6) is 5.75 Å². The zero-order valence-electron chi connectivity index (χ0n) is 12.9. The van der Waals surface area contributed by atoms with Crippen molar-refractivity contribution in [2.45, 2.75) is 20.0 Å². The summed E-state index contributed by atoms with van der Waals surface area (Å²) in [5, 5.41) is 3.46. The van der Waals surface area contributed by atoms with Gasteiger partial charge < -0.3 is 15.0 Å². The van der Waals surface area contributed by atoms with Crippen molar-refractivity contribution in [3.05, 3.63) is 60.0 Å². The van der Waals surface area contributed by atoms with Gasteiger partial charge in [-0.25, -0.2) is 4.39 Å². The van der Waals surface area contributed by atoms with E-state index in [9.17, 15) is 9.18 Å². The van der Waals surface area contributed by atoms with E-state index in [2.05, 4.69) is 10.3 Å². The van der Waals surface area contributed by atoms with E-state index in [0.29, 0.717) is 16.8 Å². The molecule has 0 bridgehead atoms. The highest BCUT2D eigenvalue weighted by atomic mass is 19.1. The van der Waals surface area contributed by atoms with Crippen molar-refractivity contribution in [2.75, 3.05) is 5.32 Å². The van der Waals surface area contributed by atoms with E-state index in [-0.39, 0.29) is 17.8 Å². The minimum atomic E-state index is -0.329. The molecule has 0 spiro atoms. The van der Waals surface area contributed by atoms with Gasteiger partial charge in [0.25, 0.3) is 5.91 Å². The smallest absolute Gasteiger partial charge is 0.272 e. The summed E-state index contributed by atoms with van der Waals surface area (Å²) in [5.41, 5.74) is 1.77. The summed E-state index contributed by atoms with van der Waals surface area (Å²) in [6.07, 6.45) is 0.0992. The normalized spacial score (nSPS) is 11.0. The molecule has 0 aliphatic carbocycles. The van der Waals surface area contributed by atoms with Crippen LogP contribution in [0.3, 0.4) is 0 Å². The predicted molar refractivity (Wildman–Crippen MR) is 88.4 cm³/mol. The summed E-state index contributed by atoms with van der Waals surface area (Å²) in [4.78, 5) is 15.2. The third-order valence-electron chi connectivity index (χ3n) is 3.31. The molecule has 1 heterocycles. The Morgan fingerprint density at radius 1 is 1.13 bits per heavy atom. The zero-order valence-corrected chi connectivity index (χ0v) is 12.9. The van der Waals surface area contributed by atoms with Gasteiger partial charge in [-0.15, -0.1) is 0 Å². The number of aromatic amines is 1. The maximum Gasteiger partial charge on any atom is 0.272 e. The molecule has 3 aromatic rings. The van der Waals surface area contributed by atoms with Crippen LogP contribution in [0.4, 0.5) is 10.1 Å². The fraction of sp³-hybridized carbons (Fsp3) is 0.167. The highest BCUT2D eigenvalue weighted by Crippen LogP contribution is 2.20. The van der Waals surface area contributed by atoms with E-state index < -0.39 is 0 Å². The monoisotopic (exact) mass is 312 g/mol. The van der Waals surface area contributed by atoms with Crippen molar-refractivity contribution >= 4 is 22.5 Å². The Bertz CT molecular complexity index is 838. The molecule has 0 aliphatic rings. The van der Waals surface area contributed by atoms with Crippen molar-refractivity contribution < 1.29 is 13.9 Å². The van der Waals surface area contributed by atoms with Crippen LogP contribution in [0.15, 0.2) is 48.5 Å². The number of nitrogens with one attached hydrogen (secondary N) is 2. The van der Waals surface area contributed by atoms with Gasteiger partial charge in [0, 0.05) is 16.6 Å². The molecule has 0 saturated heterocycles. The van der Waals surface area contributed by atoms with E-state index >= 15 is 0 Å². The summed E-state index contributed by atoms with van der Waals surface area (Å²) < 4.78 is 18.8. The molecule has 0 unspecified atom stereocenters. The molecular weight excluding hydrogens is 295 g/mol. The molecule has 118 valence electrons. The van der Waals surface area contributed by atoms with E-state index in [1.807, 2.05) is 13.8 Å². The number of carbonyl (C=O) groups excluding carboxylic acids is 1. The van der Waals surface area contributed by atoms with Crippen LogP contribution in [0.1, 0.15) is 24.3 Å². The Morgan fingerprint density at radius 2 is 1.87 bits per heavy atom. The van der Waals surface area contributed by atoms with Gasteiger partial charge >= 0.3 is 0 Å². The summed E-state index contributed by atoms with van der Waals surface area (Å²) in [6, 6.07) is 13.1. The number of hydrogen-bond donors (Lipinski definition) is 2. The van der Waals surface area contributed by atoms with Gasteiger partial charge in [0.05, 0.1) is 6.10 Å². The Kier molecular flexibility index (Phi) is 4.02. The average Bonchev–Trinajstić information content (AvgIpc) is 2.92. The second kappa shape index (κ2) is 6.12. The number of fused-ring (bicyclic) bond motifs is 1. The van der Waals surface area contributed by atoms with Gasteiger partial charge in [-0.05, 0) is 62.4 Å². The molecule has 2 aromatic carbocycles. The summed E-state index contributed by atoms with van der Waals surface area (Å²) in [7, 11) is 0. The number of benzene rings is 2.